The highest BCUT2D eigenvalue weighted by Gasteiger charge is 2.21. The molecule has 0 heterocycles. The summed E-state index contributed by atoms with van der Waals surface area (Å²) in [5, 5.41) is 2.61. The minimum absolute atomic E-state index is 0.0306. The van der Waals surface area contributed by atoms with Crippen molar-refractivity contribution in [1.82, 2.24) is 9.62 Å². The highest BCUT2D eigenvalue weighted by molar-refractivity contribution is 7.89. The Hall–Kier alpha value is -1.88. The van der Waals surface area contributed by atoms with Crippen LogP contribution < -0.4 is 14.8 Å². The Balaban J connectivity index is 2.69. The number of methoxy groups -OCH3 is 4. The van der Waals surface area contributed by atoms with Gasteiger partial charge in [-0.1, -0.05) is 0 Å². The molecule has 0 radical (unpaired) electrons. The standard InChI is InChI=1S/C17H28N2O7S/c1-23-8-6-19(7-9-24-2)27(21,22)10-5-18-17(20)14-11-15(25-3)13-16(12-14)26-4/h11-13H,5-10H2,1-4H3,(H,18,20). The second-order valence-corrected chi connectivity index (χ2v) is 7.65. The van der Waals surface area contributed by atoms with Gasteiger partial charge in [-0.2, -0.15) is 4.31 Å². The van der Waals surface area contributed by atoms with E-state index in [2.05, 4.69) is 5.32 Å². The van der Waals surface area contributed by atoms with E-state index in [-0.39, 0.29) is 38.6 Å². The normalized spacial score (nSPS) is 11.4. The zero-order valence-electron chi connectivity index (χ0n) is 16.2. The number of hydrogen-bond acceptors (Lipinski definition) is 7. The van der Waals surface area contributed by atoms with E-state index in [0.29, 0.717) is 17.1 Å². The van der Waals surface area contributed by atoms with Crippen molar-refractivity contribution in [3.63, 3.8) is 0 Å². The average Bonchev–Trinajstić information content (AvgIpc) is 2.67. The fourth-order valence-corrected chi connectivity index (χ4v) is 3.56. The predicted molar refractivity (Wildman–Crippen MR) is 101 cm³/mol. The van der Waals surface area contributed by atoms with E-state index in [1.54, 1.807) is 18.2 Å². The van der Waals surface area contributed by atoms with Crippen molar-refractivity contribution in [1.29, 1.82) is 0 Å². The lowest BCUT2D eigenvalue weighted by atomic mass is 10.2. The second kappa shape index (κ2) is 11.8. The Morgan fingerprint density at radius 2 is 1.48 bits per heavy atom. The average molecular weight is 404 g/mol. The number of hydrogen-bond donors (Lipinski definition) is 1. The molecule has 27 heavy (non-hydrogen) atoms. The molecule has 0 saturated heterocycles. The maximum atomic E-state index is 12.5. The van der Waals surface area contributed by atoms with Crippen molar-refractivity contribution in [3.8, 4) is 11.5 Å². The molecule has 154 valence electrons. The van der Waals surface area contributed by atoms with Gasteiger partial charge >= 0.3 is 0 Å². The summed E-state index contributed by atoms with van der Waals surface area (Å²) >= 11 is 0. The predicted octanol–water partition coefficient (Wildman–Crippen LogP) is 0.358. The van der Waals surface area contributed by atoms with E-state index >= 15 is 0 Å². The van der Waals surface area contributed by atoms with Crippen LogP contribution >= 0.6 is 0 Å². The number of nitrogens with one attached hydrogen (secondary N) is 1. The van der Waals surface area contributed by atoms with E-state index in [1.807, 2.05) is 0 Å². The van der Waals surface area contributed by atoms with Gasteiger partial charge in [0.25, 0.3) is 5.91 Å². The molecule has 9 nitrogen and oxygen atoms in total. The third kappa shape index (κ3) is 7.71. The minimum Gasteiger partial charge on any atom is -0.497 e. The lowest BCUT2D eigenvalue weighted by Gasteiger charge is -2.21. The largest absolute Gasteiger partial charge is 0.497 e. The van der Waals surface area contributed by atoms with Crippen molar-refractivity contribution in [2.45, 2.75) is 0 Å². The minimum atomic E-state index is -3.56. The summed E-state index contributed by atoms with van der Waals surface area (Å²) in [7, 11) is 2.41. The fraction of sp³-hybridized carbons (Fsp3) is 0.588. The van der Waals surface area contributed by atoms with Gasteiger partial charge in [-0.15, -0.1) is 0 Å². The molecule has 0 aliphatic heterocycles. The number of benzene rings is 1. The molecular formula is C17H28N2O7S. The first kappa shape index (κ1) is 23.2. The molecule has 1 rings (SSSR count). The van der Waals surface area contributed by atoms with Crippen molar-refractivity contribution >= 4 is 15.9 Å². The number of carbonyl (C=O) groups excluding carboxylic acids is 1. The maximum absolute atomic E-state index is 12.5. The number of rotatable bonds is 13. The monoisotopic (exact) mass is 404 g/mol. The maximum Gasteiger partial charge on any atom is 0.251 e. The lowest BCUT2D eigenvalue weighted by Crippen LogP contribution is -2.41. The van der Waals surface area contributed by atoms with Crippen LogP contribution in [0.15, 0.2) is 18.2 Å². The summed E-state index contributed by atoms with van der Waals surface area (Å²) in [4.78, 5) is 12.3. The van der Waals surface area contributed by atoms with Crippen LogP contribution in [0.4, 0.5) is 0 Å². The molecule has 0 aliphatic rings. The van der Waals surface area contributed by atoms with Crippen LogP contribution in [0.5, 0.6) is 11.5 Å². The molecule has 0 aromatic heterocycles. The molecule has 0 fully saturated rings. The number of ether oxygens (including phenoxy) is 4. The number of carbonyl (C=O) groups is 1. The second-order valence-electron chi connectivity index (χ2n) is 5.56. The topological polar surface area (TPSA) is 103 Å². The van der Waals surface area contributed by atoms with Gasteiger partial charge in [-0.05, 0) is 12.1 Å². The van der Waals surface area contributed by atoms with Crippen LogP contribution in [0.2, 0.25) is 0 Å². The molecule has 1 aromatic carbocycles. The first-order valence-corrected chi connectivity index (χ1v) is 9.95. The Morgan fingerprint density at radius 3 is 1.93 bits per heavy atom. The molecule has 0 aliphatic carbocycles. The Bertz CT molecular complexity index is 664. The van der Waals surface area contributed by atoms with Crippen molar-refractivity contribution in [3.05, 3.63) is 23.8 Å². The summed E-state index contributed by atoms with van der Waals surface area (Å²) in [5.41, 5.74) is 0.319. The van der Waals surface area contributed by atoms with E-state index in [9.17, 15) is 13.2 Å². The quantitative estimate of drug-likeness (QED) is 0.506. The summed E-state index contributed by atoms with van der Waals surface area (Å²) < 4.78 is 46.4. The summed E-state index contributed by atoms with van der Waals surface area (Å²) in [6.07, 6.45) is 0. The molecule has 1 N–H and O–H groups in total. The third-order valence-electron chi connectivity index (χ3n) is 3.74. The molecule has 0 atom stereocenters. The van der Waals surface area contributed by atoms with Crippen molar-refractivity contribution in [2.24, 2.45) is 0 Å². The molecule has 0 bridgehead atoms. The summed E-state index contributed by atoms with van der Waals surface area (Å²) in [6.45, 7) is 0.974. The number of nitrogens with zero attached hydrogens (tertiary/aromatic N) is 1. The van der Waals surface area contributed by atoms with E-state index < -0.39 is 15.9 Å². The van der Waals surface area contributed by atoms with Gasteiger partial charge in [0, 0.05) is 45.5 Å². The first-order chi connectivity index (χ1) is 12.9. The van der Waals surface area contributed by atoms with Gasteiger partial charge in [0.15, 0.2) is 0 Å². The molecular weight excluding hydrogens is 376 g/mol. The van der Waals surface area contributed by atoms with Gasteiger partial charge in [0.1, 0.15) is 11.5 Å². The van der Waals surface area contributed by atoms with E-state index in [4.69, 9.17) is 18.9 Å². The summed E-state index contributed by atoms with van der Waals surface area (Å²) in [6, 6.07) is 4.75. The van der Waals surface area contributed by atoms with Gasteiger partial charge in [-0.3, -0.25) is 4.79 Å². The third-order valence-corrected chi connectivity index (χ3v) is 5.61. The smallest absolute Gasteiger partial charge is 0.251 e. The fourth-order valence-electron chi connectivity index (χ4n) is 2.24. The summed E-state index contributed by atoms with van der Waals surface area (Å²) in [5.74, 6) is 0.297. The van der Waals surface area contributed by atoms with Crippen molar-refractivity contribution < 1.29 is 32.2 Å². The molecule has 0 spiro atoms. The molecule has 1 aromatic rings. The van der Waals surface area contributed by atoms with Crippen LogP contribution in [-0.4, -0.2) is 85.7 Å². The SMILES string of the molecule is COCCN(CCOC)S(=O)(=O)CCNC(=O)c1cc(OC)cc(OC)c1. The zero-order chi connectivity index (χ0) is 20.3. The van der Waals surface area contributed by atoms with Crippen LogP contribution in [0.25, 0.3) is 0 Å². The van der Waals surface area contributed by atoms with Crippen LogP contribution in [-0.2, 0) is 19.5 Å². The Morgan fingerprint density at radius 1 is 0.963 bits per heavy atom. The number of amides is 1. The van der Waals surface area contributed by atoms with Crippen LogP contribution in [0, 0.1) is 0 Å². The first-order valence-electron chi connectivity index (χ1n) is 8.35. The van der Waals surface area contributed by atoms with E-state index in [1.165, 1.54) is 32.7 Å². The Kier molecular flexibility index (Phi) is 10.1. The van der Waals surface area contributed by atoms with Gasteiger partial charge in [0.05, 0.1) is 33.2 Å². The van der Waals surface area contributed by atoms with Gasteiger partial charge in [0.2, 0.25) is 10.0 Å². The van der Waals surface area contributed by atoms with E-state index in [0.717, 1.165) is 0 Å². The van der Waals surface area contributed by atoms with Crippen LogP contribution in [0.1, 0.15) is 10.4 Å². The van der Waals surface area contributed by atoms with Gasteiger partial charge in [-0.25, -0.2) is 8.42 Å². The highest BCUT2D eigenvalue weighted by atomic mass is 32.2. The highest BCUT2D eigenvalue weighted by Crippen LogP contribution is 2.22. The molecule has 0 saturated carbocycles. The van der Waals surface area contributed by atoms with Gasteiger partial charge < -0.3 is 24.3 Å². The number of sulfonamides is 1. The molecule has 0 unspecified atom stereocenters. The molecule has 10 heteroatoms. The zero-order valence-corrected chi connectivity index (χ0v) is 17.0. The Labute approximate surface area is 160 Å². The van der Waals surface area contributed by atoms with Crippen LogP contribution in [0.3, 0.4) is 0 Å². The lowest BCUT2D eigenvalue weighted by molar-refractivity contribution is 0.0955. The van der Waals surface area contributed by atoms with Crippen molar-refractivity contribution in [2.75, 3.05) is 67.0 Å². The molecule has 1 amide bonds.